The number of benzene rings is 1. The normalized spacial score (nSPS) is 11.4. The molecule has 0 saturated heterocycles. The maximum absolute atomic E-state index is 5.66. The van der Waals surface area contributed by atoms with Crippen molar-refractivity contribution in [2.45, 2.75) is 26.4 Å². The molecule has 0 spiro atoms. The standard InChI is InChI=1S/C13H18O/c1-5-11-7-9-12(10-8-11)13(3,4)14-6-2/h5,7-10H,1,6H2,2-4H3. The molecule has 0 radical (unpaired) electrons. The molecule has 76 valence electrons. The third kappa shape index (κ3) is 2.46. The van der Waals surface area contributed by atoms with Gasteiger partial charge in [-0.15, -0.1) is 0 Å². The van der Waals surface area contributed by atoms with Crippen LogP contribution in [0.1, 0.15) is 31.9 Å². The Morgan fingerprint density at radius 2 is 1.86 bits per heavy atom. The van der Waals surface area contributed by atoms with E-state index in [0.717, 1.165) is 12.2 Å². The second-order valence-corrected chi connectivity index (χ2v) is 3.77. The Balaban J connectivity index is 2.90. The van der Waals surface area contributed by atoms with E-state index in [1.165, 1.54) is 5.56 Å². The van der Waals surface area contributed by atoms with E-state index in [0.29, 0.717) is 0 Å². The first-order chi connectivity index (χ1) is 6.60. The lowest BCUT2D eigenvalue weighted by molar-refractivity contribution is -0.0140. The molecule has 0 saturated carbocycles. The highest BCUT2D eigenvalue weighted by molar-refractivity contribution is 5.47. The number of rotatable bonds is 4. The van der Waals surface area contributed by atoms with Crippen LogP contribution in [0.5, 0.6) is 0 Å². The second-order valence-electron chi connectivity index (χ2n) is 3.77. The predicted molar refractivity (Wildman–Crippen MR) is 61.2 cm³/mol. The van der Waals surface area contributed by atoms with Gasteiger partial charge in [0.1, 0.15) is 0 Å². The molecule has 0 fully saturated rings. The minimum absolute atomic E-state index is 0.200. The summed E-state index contributed by atoms with van der Waals surface area (Å²) in [5.74, 6) is 0. The third-order valence-corrected chi connectivity index (χ3v) is 2.35. The number of ether oxygens (including phenoxy) is 1. The van der Waals surface area contributed by atoms with Crippen molar-refractivity contribution in [1.29, 1.82) is 0 Å². The zero-order valence-electron chi connectivity index (χ0n) is 9.21. The molecule has 14 heavy (non-hydrogen) atoms. The Morgan fingerprint density at radius 1 is 1.29 bits per heavy atom. The molecule has 1 nitrogen and oxygen atoms in total. The van der Waals surface area contributed by atoms with E-state index < -0.39 is 0 Å². The molecule has 1 aromatic carbocycles. The molecular weight excluding hydrogens is 172 g/mol. The van der Waals surface area contributed by atoms with Gasteiger partial charge in [0.05, 0.1) is 5.60 Å². The average Bonchev–Trinajstić information content (AvgIpc) is 2.18. The van der Waals surface area contributed by atoms with Crippen LogP contribution < -0.4 is 0 Å². The van der Waals surface area contributed by atoms with E-state index in [1.54, 1.807) is 0 Å². The van der Waals surface area contributed by atoms with Gasteiger partial charge in [0.2, 0.25) is 0 Å². The zero-order valence-corrected chi connectivity index (χ0v) is 9.21. The monoisotopic (exact) mass is 190 g/mol. The van der Waals surface area contributed by atoms with Crippen LogP contribution in [0.2, 0.25) is 0 Å². The second kappa shape index (κ2) is 4.43. The molecule has 0 aliphatic rings. The van der Waals surface area contributed by atoms with E-state index in [4.69, 9.17) is 4.74 Å². The van der Waals surface area contributed by atoms with Gasteiger partial charge in [0, 0.05) is 6.61 Å². The van der Waals surface area contributed by atoms with E-state index in [1.807, 2.05) is 13.0 Å². The lowest BCUT2D eigenvalue weighted by atomic mass is 9.97. The largest absolute Gasteiger partial charge is 0.371 e. The summed E-state index contributed by atoms with van der Waals surface area (Å²) in [6.45, 7) is 10.6. The van der Waals surface area contributed by atoms with E-state index in [-0.39, 0.29) is 5.60 Å². The van der Waals surface area contributed by atoms with Gasteiger partial charge in [-0.25, -0.2) is 0 Å². The minimum atomic E-state index is -0.200. The first-order valence-electron chi connectivity index (χ1n) is 4.97. The number of hydrogen-bond donors (Lipinski definition) is 0. The maximum atomic E-state index is 5.66. The average molecular weight is 190 g/mol. The van der Waals surface area contributed by atoms with Crippen molar-refractivity contribution in [3.8, 4) is 0 Å². The van der Waals surface area contributed by atoms with Crippen LogP contribution in [0.4, 0.5) is 0 Å². The van der Waals surface area contributed by atoms with Gasteiger partial charge in [0.15, 0.2) is 0 Å². The molecule has 0 heterocycles. The molecule has 0 atom stereocenters. The van der Waals surface area contributed by atoms with Crippen LogP contribution in [0.15, 0.2) is 30.8 Å². The fourth-order valence-electron chi connectivity index (χ4n) is 1.46. The summed E-state index contributed by atoms with van der Waals surface area (Å²) in [6, 6.07) is 8.30. The van der Waals surface area contributed by atoms with Crippen LogP contribution in [-0.4, -0.2) is 6.61 Å². The fraction of sp³-hybridized carbons (Fsp3) is 0.385. The van der Waals surface area contributed by atoms with Gasteiger partial charge in [-0.3, -0.25) is 0 Å². The van der Waals surface area contributed by atoms with Gasteiger partial charge in [0.25, 0.3) is 0 Å². The van der Waals surface area contributed by atoms with Crippen LogP contribution in [0.3, 0.4) is 0 Å². The van der Waals surface area contributed by atoms with E-state index >= 15 is 0 Å². The SMILES string of the molecule is C=Cc1ccc(C(C)(C)OCC)cc1. The Bertz CT molecular complexity index is 296. The van der Waals surface area contributed by atoms with Gasteiger partial charge in [-0.05, 0) is 31.9 Å². The number of hydrogen-bond acceptors (Lipinski definition) is 1. The molecule has 0 N–H and O–H groups in total. The highest BCUT2D eigenvalue weighted by Crippen LogP contribution is 2.24. The smallest absolute Gasteiger partial charge is 0.0875 e. The van der Waals surface area contributed by atoms with Crippen molar-refractivity contribution >= 4 is 6.08 Å². The Hall–Kier alpha value is -1.08. The molecule has 0 aliphatic carbocycles. The summed E-state index contributed by atoms with van der Waals surface area (Å²) in [5, 5.41) is 0. The molecule has 0 amide bonds. The zero-order chi connectivity index (χ0) is 10.6. The van der Waals surface area contributed by atoms with Crippen LogP contribution in [0.25, 0.3) is 6.08 Å². The molecule has 0 aromatic heterocycles. The van der Waals surface area contributed by atoms with Gasteiger partial charge in [-0.2, -0.15) is 0 Å². The quantitative estimate of drug-likeness (QED) is 0.705. The summed E-state index contributed by atoms with van der Waals surface area (Å²) in [7, 11) is 0. The lowest BCUT2D eigenvalue weighted by Crippen LogP contribution is -2.21. The van der Waals surface area contributed by atoms with E-state index in [2.05, 4.69) is 44.7 Å². The van der Waals surface area contributed by atoms with Crippen molar-refractivity contribution in [3.63, 3.8) is 0 Å². The summed E-state index contributed by atoms with van der Waals surface area (Å²) < 4.78 is 5.66. The van der Waals surface area contributed by atoms with E-state index in [9.17, 15) is 0 Å². The fourth-order valence-corrected chi connectivity index (χ4v) is 1.46. The molecule has 1 rings (SSSR count). The maximum Gasteiger partial charge on any atom is 0.0875 e. The Morgan fingerprint density at radius 3 is 2.29 bits per heavy atom. The molecule has 1 aromatic rings. The summed E-state index contributed by atoms with van der Waals surface area (Å²) >= 11 is 0. The third-order valence-electron chi connectivity index (χ3n) is 2.35. The van der Waals surface area contributed by atoms with Crippen molar-refractivity contribution in [2.75, 3.05) is 6.61 Å². The Labute approximate surface area is 86.4 Å². The summed E-state index contributed by atoms with van der Waals surface area (Å²) in [6.07, 6.45) is 1.84. The predicted octanol–water partition coefficient (Wildman–Crippen LogP) is 3.60. The molecule has 0 aliphatic heterocycles. The molecular formula is C13H18O. The summed E-state index contributed by atoms with van der Waals surface area (Å²) in [5.41, 5.74) is 2.14. The molecule has 0 bridgehead atoms. The summed E-state index contributed by atoms with van der Waals surface area (Å²) in [4.78, 5) is 0. The van der Waals surface area contributed by atoms with Crippen LogP contribution >= 0.6 is 0 Å². The Kier molecular flexibility index (Phi) is 3.48. The van der Waals surface area contributed by atoms with Gasteiger partial charge in [-0.1, -0.05) is 36.9 Å². The van der Waals surface area contributed by atoms with Gasteiger partial charge < -0.3 is 4.74 Å². The van der Waals surface area contributed by atoms with Crippen molar-refractivity contribution in [3.05, 3.63) is 42.0 Å². The minimum Gasteiger partial charge on any atom is -0.371 e. The molecule has 1 heteroatoms. The first kappa shape index (κ1) is 11.0. The topological polar surface area (TPSA) is 9.23 Å². The lowest BCUT2D eigenvalue weighted by Gasteiger charge is -2.25. The van der Waals surface area contributed by atoms with Crippen molar-refractivity contribution < 1.29 is 4.74 Å². The highest BCUT2D eigenvalue weighted by Gasteiger charge is 2.19. The van der Waals surface area contributed by atoms with Crippen molar-refractivity contribution in [1.82, 2.24) is 0 Å². The van der Waals surface area contributed by atoms with Crippen LogP contribution in [-0.2, 0) is 10.3 Å². The first-order valence-corrected chi connectivity index (χ1v) is 4.97. The molecule has 0 unspecified atom stereocenters. The van der Waals surface area contributed by atoms with Crippen molar-refractivity contribution in [2.24, 2.45) is 0 Å². The van der Waals surface area contributed by atoms with Crippen LogP contribution in [0, 0.1) is 0 Å². The van der Waals surface area contributed by atoms with Gasteiger partial charge >= 0.3 is 0 Å². The highest BCUT2D eigenvalue weighted by atomic mass is 16.5.